The van der Waals surface area contributed by atoms with Gasteiger partial charge in [0.25, 0.3) is 5.91 Å². The number of aliphatic hydroxyl groups is 1. The third-order valence-electron chi connectivity index (χ3n) is 5.12. The maximum absolute atomic E-state index is 15.0. The van der Waals surface area contributed by atoms with Gasteiger partial charge in [-0.05, 0) is 18.6 Å². The van der Waals surface area contributed by atoms with Gasteiger partial charge in [0.15, 0.2) is 29.3 Å². The Bertz CT molecular complexity index is 1080. The van der Waals surface area contributed by atoms with Crippen LogP contribution in [0.15, 0.2) is 43.0 Å². The highest BCUT2D eigenvalue weighted by molar-refractivity contribution is 7.32. The molecule has 2 aromatic heterocycles. The second-order valence-corrected chi connectivity index (χ2v) is 7.55. The van der Waals surface area contributed by atoms with E-state index in [1.54, 1.807) is 30.3 Å². The molecule has 0 radical (unpaired) electrons. The van der Waals surface area contributed by atoms with Crippen molar-refractivity contribution in [1.29, 1.82) is 0 Å². The number of carbonyl (C=O) groups excluding carboxylic acids is 1. The molecule has 3 aromatic rings. The van der Waals surface area contributed by atoms with Crippen molar-refractivity contribution in [2.75, 3.05) is 11.9 Å². The monoisotopic (exact) mass is 434 g/mol. The van der Waals surface area contributed by atoms with Crippen LogP contribution >= 0.6 is 8.25 Å². The van der Waals surface area contributed by atoms with Crippen molar-refractivity contribution in [1.82, 2.24) is 19.5 Å². The fraction of sp³-hybridized carbons (Fsp3) is 0.333. The van der Waals surface area contributed by atoms with Crippen LogP contribution in [0, 0.1) is 5.92 Å². The first-order valence-corrected chi connectivity index (χ1v) is 10.2. The summed E-state index contributed by atoms with van der Waals surface area (Å²) >= 11 is 0. The predicted octanol–water partition coefficient (Wildman–Crippen LogP) is 2.00. The standard InChI is InChI=1S/C18H17FN5O5P/c19-13-12(6-11(7-25)15(13)29-30(27)28)24-9-22-14-16(20-8-21-17(14)24)23-18(26)10-4-2-1-3-5-10/h1-5,8-9,11-13,15,25H,6-7H2,(H-,20,21,23,26,27,28)/p+1/t11-,12-,13+,15-/m1/s1. The molecule has 1 fully saturated rings. The summed E-state index contributed by atoms with van der Waals surface area (Å²) in [5.74, 6) is -0.867. The normalized spacial score (nSPS) is 24.2. The van der Waals surface area contributed by atoms with Crippen molar-refractivity contribution in [2.24, 2.45) is 5.92 Å². The molecule has 12 heteroatoms. The minimum atomic E-state index is -3.02. The van der Waals surface area contributed by atoms with Gasteiger partial charge in [-0.2, -0.15) is 0 Å². The van der Waals surface area contributed by atoms with Crippen molar-refractivity contribution in [3.05, 3.63) is 48.5 Å². The van der Waals surface area contributed by atoms with E-state index in [-0.39, 0.29) is 29.3 Å². The van der Waals surface area contributed by atoms with Crippen LogP contribution in [0.25, 0.3) is 11.2 Å². The number of aromatic nitrogens is 4. The number of imidazole rings is 1. The number of hydrogen-bond acceptors (Lipinski definition) is 7. The minimum absolute atomic E-state index is 0.159. The first-order valence-electron chi connectivity index (χ1n) is 9.11. The van der Waals surface area contributed by atoms with E-state index in [1.807, 2.05) is 0 Å². The summed E-state index contributed by atoms with van der Waals surface area (Å²) in [6, 6.07) is 7.74. The highest BCUT2D eigenvalue weighted by Crippen LogP contribution is 2.43. The molecular weight excluding hydrogens is 416 g/mol. The quantitative estimate of drug-likeness (QED) is 0.501. The molecule has 1 amide bonds. The van der Waals surface area contributed by atoms with Gasteiger partial charge >= 0.3 is 8.25 Å². The molecule has 30 heavy (non-hydrogen) atoms. The Kier molecular flexibility index (Phi) is 5.78. The largest absolute Gasteiger partial charge is 0.695 e. The summed E-state index contributed by atoms with van der Waals surface area (Å²) < 4.78 is 32.3. The molecule has 0 saturated heterocycles. The molecule has 1 saturated carbocycles. The maximum atomic E-state index is 15.0. The Morgan fingerprint density at radius 3 is 2.77 bits per heavy atom. The lowest BCUT2D eigenvalue weighted by Crippen LogP contribution is -2.28. The van der Waals surface area contributed by atoms with Crippen molar-refractivity contribution < 1.29 is 28.3 Å². The van der Waals surface area contributed by atoms with Gasteiger partial charge in [0, 0.05) is 22.7 Å². The third-order valence-corrected chi connectivity index (χ3v) is 5.54. The molecule has 1 aliphatic carbocycles. The van der Waals surface area contributed by atoms with Gasteiger partial charge in [-0.15, -0.1) is 9.42 Å². The Balaban J connectivity index is 1.63. The molecule has 1 aliphatic rings. The molecule has 0 bridgehead atoms. The van der Waals surface area contributed by atoms with E-state index in [0.717, 1.165) is 0 Å². The smallest absolute Gasteiger partial charge is 0.396 e. The minimum Gasteiger partial charge on any atom is -0.396 e. The summed E-state index contributed by atoms with van der Waals surface area (Å²) in [7, 11) is -3.02. The average molecular weight is 434 g/mol. The molecule has 1 aromatic carbocycles. The van der Waals surface area contributed by atoms with E-state index in [4.69, 9.17) is 9.42 Å². The molecular formula is C18H18FN5O5P+. The van der Waals surface area contributed by atoms with Gasteiger partial charge in [-0.1, -0.05) is 18.2 Å². The van der Waals surface area contributed by atoms with Crippen LogP contribution in [0.2, 0.25) is 0 Å². The Morgan fingerprint density at radius 1 is 1.30 bits per heavy atom. The summed E-state index contributed by atoms with van der Waals surface area (Å²) in [4.78, 5) is 33.9. The molecule has 10 nitrogen and oxygen atoms in total. The van der Waals surface area contributed by atoms with Crippen LogP contribution in [0.5, 0.6) is 0 Å². The van der Waals surface area contributed by atoms with Crippen LogP contribution < -0.4 is 5.32 Å². The Labute approximate surface area is 170 Å². The summed E-state index contributed by atoms with van der Waals surface area (Å²) in [6.07, 6.45) is -0.143. The molecule has 1 unspecified atom stereocenters. The number of carbonyl (C=O) groups is 1. The lowest BCUT2D eigenvalue weighted by atomic mass is 10.1. The van der Waals surface area contributed by atoms with Crippen molar-refractivity contribution in [3.8, 4) is 0 Å². The average Bonchev–Trinajstić information content (AvgIpc) is 3.30. The highest BCUT2D eigenvalue weighted by Gasteiger charge is 2.50. The van der Waals surface area contributed by atoms with Crippen molar-refractivity contribution >= 4 is 31.1 Å². The van der Waals surface area contributed by atoms with Crippen LogP contribution in [0.4, 0.5) is 10.2 Å². The van der Waals surface area contributed by atoms with E-state index < -0.39 is 39.1 Å². The number of aliphatic hydroxyl groups excluding tert-OH is 1. The third kappa shape index (κ3) is 3.80. The Morgan fingerprint density at radius 2 is 2.07 bits per heavy atom. The fourth-order valence-corrected chi connectivity index (χ4v) is 4.20. The first kappa shape index (κ1) is 20.4. The lowest BCUT2D eigenvalue weighted by Gasteiger charge is -2.16. The summed E-state index contributed by atoms with van der Waals surface area (Å²) in [5, 5.41) is 12.2. The number of benzene rings is 1. The molecule has 0 spiro atoms. The molecule has 3 N–H and O–H groups in total. The zero-order valence-electron chi connectivity index (χ0n) is 15.5. The molecule has 5 atom stereocenters. The second-order valence-electron chi connectivity index (χ2n) is 6.86. The van der Waals surface area contributed by atoms with Gasteiger partial charge < -0.3 is 15.0 Å². The number of alkyl halides is 1. The van der Waals surface area contributed by atoms with Crippen LogP contribution in [0.3, 0.4) is 0 Å². The summed E-state index contributed by atoms with van der Waals surface area (Å²) in [5.41, 5.74) is 0.992. The molecule has 2 heterocycles. The number of halogens is 1. The Hall–Kier alpha value is -2.85. The number of hydrogen-bond donors (Lipinski definition) is 3. The topological polar surface area (TPSA) is 139 Å². The number of amides is 1. The number of anilines is 1. The van der Waals surface area contributed by atoms with Crippen molar-refractivity contribution in [2.45, 2.75) is 24.7 Å². The van der Waals surface area contributed by atoms with Crippen LogP contribution in [-0.4, -0.2) is 54.3 Å². The lowest BCUT2D eigenvalue weighted by molar-refractivity contribution is 0.0568. The van der Waals surface area contributed by atoms with Gasteiger partial charge in [-0.3, -0.25) is 4.79 Å². The predicted molar refractivity (Wildman–Crippen MR) is 104 cm³/mol. The zero-order chi connectivity index (χ0) is 21.3. The van der Waals surface area contributed by atoms with Gasteiger partial charge in [0.2, 0.25) is 0 Å². The van der Waals surface area contributed by atoms with Gasteiger partial charge in [-0.25, -0.2) is 19.3 Å². The van der Waals surface area contributed by atoms with E-state index in [1.165, 1.54) is 17.2 Å². The second kappa shape index (κ2) is 8.49. The zero-order valence-corrected chi connectivity index (χ0v) is 16.4. The van der Waals surface area contributed by atoms with Gasteiger partial charge in [0.05, 0.1) is 12.4 Å². The molecule has 0 aliphatic heterocycles. The SMILES string of the molecule is O=C(Nc1ncnc2c1ncn2[C@@H]1C[C@H](CO)[C@@H](O[P+](=O)O)[C@H]1F)c1ccccc1. The first-order chi connectivity index (χ1) is 14.5. The van der Waals surface area contributed by atoms with E-state index in [9.17, 15) is 14.5 Å². The molecule has 156 valence electrons. The van der Waals surface area contributed by atoms with Crippen LogP contribution in [-0.2, 0) is 9.09 Å². The number of nitrogens with zero attached hydrogens (tertiary/aromatic N) is 4. The van der Waals surface area contributed by atoms with E-state index in [0.29, 0.717) is 5.56 Å². The van der Waals surface area contributed by atoms with Crippen molar-refractivity contribution in [3.63, 3.8) is 0 Å². The van der Waals surface area contributed by atoms with Crippen LogP contribution in [0.1, 0.15) is 22.8 Å². The van der Waals surface area contributed by atoms with E-state index >= 15 is 4.39 Å². The fourth-order valence-electron chi connectivity index (χ4n) is 3.70. The van der Waals surface area contributed by atoms with E-state index in [2.05, 4.69) is 20.3 Å². The highest BCUT2D eigenvalue weighted by atomic mass is 31.1. The summed E-state index contributed by atoms with van der Waals surface area (Å²) in [6.45, 7) is -0.398. The number of fused-ring (bicyclic) bond motifs is 1. The number of rotatable bonds is 6. The maximum Gasteiger partial charge on any atom is 0.695 e. The number of nitrogens with one attached hydrogen (secondary N) is 1. The van der Waals surface area contributed by atoms with Gasteiger partial charge in [0.1, 0.15) is 6.33 Å². The molecule has 4 rings (SSSR count).